The summed E-state index contributed by atoms with van der Waals surface area (Å²) in [6.07, 6.45) is 0.882. The highest BCUT2D eigenvalue weighted by molar-refractivity contribution is 9.10. The van der Waals surface area contributed by atoms with Crippen LogP contribution in [0.2, 0.25) is 0 Å². The van der Waals surface area contributed by atoms with Gasteiger partial charge in [0.1, 0.15) is 5.82 Å². The lowest BCUT2D eigenvalue weighted by Gasteiger charge is -2.09. The predicted octanol–water partition coefficient (Wildman–Crippen LogP) is 4.19. The normalized spacial score (nSPS) is 10.7. The van der Waals surface area contributed by atoms with Crippen LogP contribution in [0.25, 0.3) is 11.4 Å². The van der Waals surface area contributed by atoms with Crippen LogP contribution in [-0.4, -0.2) is 17.0 Å². The van der Waals surface area contributed by atoms with Crippen molar-refractivity contribution >= 4 is 33.1 Å². The highest BCUT2D eigenvalue weighted by Crippen LogP contribution is 2.32. The van der Waals surface area contributed by atoms with Gasteiger partial charge >= 0.3 is 0 Å². The first-order valence-electron chi connectivity index (χ1n) is 5.88. The molecule has 0 aromatic carbocycles. The molecule has 2 aromatic rings. The molecule has 0 saturated heterocycles. The molecule has 0 fully saturated rings. The topological polar surface area (TPSA) is 37.8 Å². The maximum atomic E-state index is 4.65. The van der Waals surface area contributed by atoms with Gasteiger partial charge in [-0.15, -0.1) is 11.3 Å². The second-order valence-electron chi connectivity index (χ2n) is 4.09. The molecule has 0 aliphatic heterocycles. The van der Waals surface area contributed by atoms with Crippen LogP contribution in [0, 0.1) is 13.8 Å². The molecule has 0 aliphatic carbocycles. The third kappa shape index (κ3) is 2.42. The molecule has 2 aromatic heterocycles. The molecule has 0 bridgehead atoms. The first-order valence-corrected chi connectivity index (χ1v) is 7.49. The Labute approximate surface area is 120 Å². The Morgan fingerprint density at radius 3 is 2.56 bits per heavy atom. The van der Waals surface area contributed by atoms with Crippen molar-refractivity contribution in [2.24, 2.45) is 0 Å². The first kappa shape index (κ1) is 13.5. The second kappa shape index (κ2) is 5.36. The van der Waals surface area contributed by atoms with E-state index >= 15 is 0 Å². The van der Waals surface area contributed by atoms with E-state index in [1.165, 1.54) is 9.75 Å². The van der Waals surface area contributed by atoms with Crippen LogP contribution >= 0.6 is 27.3 Å². The van der Waals surface area contributed by atoms with Crippen LogP contribution in [0.5, 0.6) is 0 Å². The third-order valence-corrected chi connectivity index (χ3v) is 4.57. The van der Waals surface area contributed by atoms with E-state index in [4.69, 9.17) is 0 Å². The zero-order valence-corrected chi connectivity index (χ0v) is 13.4. The van der Waals surface area contributed by atoms with Crippen molar-refractivity contribution in [2.45, 2.75) is 27.2 Å². The lowest BCUT2D eigenvalue weighted by Crippen LogP contribution is -2.02. The molecule has 0 amide bonds. The molecule has 0 aliphatic rings. The smallest absolute Gasteiger partial charge is 0.162 e. The molecule has 3 nitrogen and oxygen atoms in total. The van der Waals surface area contributed by atoms with Crippen LogP contribution in [-0.2, 0) is 6.42 Å². The standard InChI is InChI=1S/C13H16BrN3S/c1-5-10-11(14)13(15-4)17-12(16-10)9-6-7(2)18-8(9)3/h6H,5H2,1-4H3,(H,15,16,17). The summed E-state index contributed by atoms with van der Waals surface area (Å²) >= 11 is 5.33. The number of thiophene rings is 1. The van der Waals surface area contributed by atoms with Crippen molar-refractivity contribution in [1.82, 2.24) is 9.97 Å². The third-order valence-electron chi connectivity index (χ3n) is 2.77. The highest BCUT2D eigenvalue weighted by atomic mass is 79.9. The molecule has 18 heavy (non-hydrogen) atoms. The number of hydrogen-bond donors (Lipinski definition) is 1. The number of aryl methyl sites for hydroxylation is 3. The molecular weight excluding hydrogens is 310 g/mol. The largest absolute Gasteiger partial charge is 0.372 e. The monoisotopic (exact) mass is 325 g/mol. The molecule has 0 radical (unpaired) electrons. The van der Waals surface area contributed by atoms with Gasteiger partial charge in [0.15, 0.2) is 5.82 Å². The van der Waals surface area contributed by atoms with Crippen molar-refractivity contribution in [3.05, 3.63) is 26.0 Å². The Bertz CT molecular complexity index is 553. The van der Waals surface area contributed by atoms with Gasteiger partial charge in [0, 0.05) is 22.4 Å². The number of rotatable bonds is 3. The van der Waals surface area contributed by atoms with Gasteiger partial charge in [-0.3, -0.25) is 0 Å². The van der Waals surface area contributed by atoms with Crippen molar-refractivity contribution < 1.29 is 0 Å². The van der Waals surface area contributed by atoms with E-state index in [2.05, 4.69) is 58.1 Å². The van der Waals surface area contributed by atoms with Gasteiger partial charge in [-0.1, -0.05) is 6.92 Å². The van der Waals surface area contributed by atoms with E-state index in [0.717, 1.165) is 33.8 Å². The Balaban J connectivity index is 2.61. The molecule has 0 spiro atoms. The second-order valence-corrected chi connectivity index (χ2v) is 6.34. The summed E-state index contributed by atoms with van der Waals surface area (Å²) in [7, 11) is 1.88. The lowest BCUT2D eigenvalue weighted by atomic mass is 10.2. The maximum absolute atomic E-state index is 4.65. The fourth-order valence-corrected chi connectivity index (χ4v) is 3.44. The number of anilines is 1. The first-order chi connectivity index (χ1) is 8.56. The van der Waals surface area contributed by atoms with Gasteiger partial charge in [-0.2, -0.15) is 0 Å². The van der Waals surface area contributed by atoms with Crippen LogP contribution < -0.4 is 5.32 Å². The Kier molecular flexibility index (Phi) is 4.02. The van der Waals surface area contributed by atoms with Gasteiger partial charge in [-0.25, -0.2) is 9.97 Å². The number of aromatic nitrogens is 2. The summed E-state index contributed by atoms with van der Waals surface area (Å²) in [5, 5.41) is 3.11. The molecule has 2 heterocycles. The summed E-state index contributed by atoms with van der Waals surface area (Å²) in [5.74, 6) is 1.65. The van der Waals surface area contributed by atoms with Crippen molar-refractivity contribution in [3.63, 3.8) is 0 Å². The van der Waals surface area contributed by atoms with Crippen molar-refractivity contribution in [3.8, 4) is 11.4 Å². The highest BCUT2D eigenvalue weighted by Gasteiger charge is 2.14. The van der Waals surface area contributed by atoms with Crippen LogP contribution in [0.15, 0.2) is 10.5 Å². The molecule has 1 N–H and O–H groups in total. The van der Waals surface area contributed by atoms with Gasteiger partial charge in [0.25, 0.3) is 0 Å². The van der Waals surface area contributed by atoms with E-state index in [0.29, 0.717) is 0 Å². The molecule has 0 saturated carbocycles. The SMILES string of the molecule is CCc1nc(-c2cc(C)sc2C)nc(NC)c1Br. The number of halogens is 1. The predicted molar refractivity (Wildman–Crippen MR) is 81.4 cm³/mol. The average Bonchev–Trinajstić information content (AvgIpc) is 2.69. The number of nitrogens with zero attached hydrogens (tertiary/aromatic N) is 2. The molecule has 0 atom stereocenters. The lowest BCUT2D eigenvalue weighted by molar-refractivity contribution is 0.991. The average molecular weight is 326 g/mol. The Hall–Kier alpha value is -0.940. The minimum atomic E-state index is 0.807. The van der Waals surface area contributed by atoms with Gasteiger partial charge in [-0.05, 0) is 42.3 Å². The Morgan fingerprint density at radius 1 is 1.33 bits per heavy atom. The van der Waals surface area contributed by atoms with E-state index in [9.17, 15) is 0 Å². The molecule has 5 heteroatoms. The minimum Gasteiger partial charge on any atom is -0.372 e. The van der Waals surface area contributed by atoms with Crippen molar-refractivity contribution in [1.29, 1.82) is 0 Å². The number of nitrogens with one attached hydrogen (secondary N) is 1. The molecule has 96 valence electrons. The summed E-state index contributed by atoms with van der Waals surface area (Å²) < 4.78 is 0.959. The molecular formula is C13H16BrN3S. The van der Waals surface area contributed by atoms with Gasteiger partial charge in [0.2, 0.25) is 0 Å². The van der Waals surface area contributed by atoms with E-state index in [-0.39, 0.29) is 0 Å². The summed E-state index contributed by atoms with van der Waals surface area (Å²) in [4.78, 5) is 11.8. The van der Waals surface area contributed by atoms with Crippen LogP contribution in [0.1, 0.15) is 22.4 Å². The zero-order chi connectivity index (χ0) is 13.3. The fraction of sp³-hybridized carbons (Fsp3) is 0.385. The molecule has 0 unspecified atom stereocenters. The van der Waals surface area contributed by atoms with E-state index < -0.39 is 0 Å². The quantitative estimate of drug-likeness (QED) is 0.919. The van der Waals surface area contributed by atoms with Crippen molar-refractivity contribution in [2.75, 3.05) is 12.4 Å². The molecule has 2 rings (SSSR count). The summed E-state index contributed by atoms with van der Waals surface area (Å²) in [6, 6.07) is 2.15. The van der Waals surface area contributed by atoms with Crippen LogP contribution in [0.4, 0.5) is 5.82 Å². The zero-order valence-electron chi connectivity index (χ0n) is 11.0. The number of hydrogen-bond acceptors (Lipinski definition) is 4. The maximum Gasteiger partial charge on any atom is 0.162 e. The fourth-order valence-electron chi connectivity index (χ4n) is 1.87. The summed E-state index contributed by atoms with van der Waals surface area (Å²) in [6.45, 7) is 6.32. The van der Waals surface area contributed by atoms with Gasteiger partial charge in [0.05, 0.1) is 10.2 Å². The minimum absolute atomic E-state index is 0.807. The van der Waals surface area contributed by atoms with E-state index in [1.807, 2.05) is 7.05 Å². The van der Waals surface area contributed by atoms with Gasteiger partial charge < -0.3 is 5.32 Å². The van der Waals surface area contributed by atoms with E-state index in [1.54, 1.807) is 11.3 Å². The Morgan fingerprint density at radius 2 is 2.06 bits per heavy atom. The summed E-state index contributed by atoms with van der Waals surface area (Å²) in [5.41, 5.74) is 2.17. The van der Waals surface area contributed by atoms with Crippen LogP contribution in [0.3, 0.4) is 0 Å².